The van der Waals surface area contributed by atoms with Crippen molar-refractivity contribution in [2.75, 3.05) is 6.26 Å². The van der Waals surface area contributed by atoms with Crippen LogP contribution in [-0.2, 0) is 22.8 Å². The molecular weight excluding hydrogens is 498 g/mol. The van der Waals surface area contributed by atoms with Gasteiger partial charge in [0.1, 0.15) is 5.65 Å². The molecule has 3 aromatic rings. The third-order valence-corrected chi connectivity index (χ3v) is 7.79. The fraction of sp³-hybridized carbons (Fsp3) is 0.231. The lowest BCUT2D eigenvalue weighted by Crippen LogP contribution is -2.26. The van der Waals surface area contributed by atoms with Crippen molar-refractivity contribution in [2.45, 2.75) is 19.9 Å². The predicted octanol–water partition coefficient (Wildman–Crippen LogP) is 4.17. The predicted molar refractivity (Wildman–Crippen MR) is 140 cm³/mol. The summed E-state index contributed by atoms with van der Waals surface area (Å²) in [6.45, 7) is 2.19. The third kappa shape index (κ3) is 5.03. The van der Waals surface area contributed by atoms with Crippen molar-refractivity contribution in [3.63, 3.8) is 0 Å². The molecule has 1 aliphatic heterocycles. The molecule has 2 N–H and O–H groups in total. The van der Waals surface area contributed by atoms with Crippen LogP contribution in [0.2, 0.25) is 5.02 Å². The Morgan fingerprint density at radius 3 is 2.86 bits per heavy atom. The zero-order valence-corrected chi connectivity index (χ0v) is 21.3. The summed E-state index contributed by atoms with van der Waals surface area (Å²) in [7, 11) is -3.41. The maximum Gasteiger partial charge on any atom is 0.251 e. The summed E-state index contributed by atoms with van der Waals surface area (Å²) in [5, 5.41) is 4.28. The minimum absolute atomic E-state index is 0.0850. The van der Waals surface area contributed by atoms with E-state index in [0.717, 1.165) is 22.2 Å². The lowest BCUT2D eigenvalue weighted by Gasteiger charge is -2.28. The van der Waals surface area contributed by atoms with Crippen LogP contribution in [0.4, 0.5) is 0 Å². The molecule has 0 fully saturated rings. The molecule has 2 atom stereocenters. The molecule has 10 heteroatoms. The molecule has 0 saturated heterocycles. The van der Waals surface area contributed by atoms with Crippen LogP contribution in [0.3, 0.4) is 0 Å². The maximum atomic E-state index is 12.8. The highest BCUT2D eigenvalue weighted by molar-refractivity contribution is 7.94. The van der Waals surface area contributed by atoms with E-state index in [1.54, 1.807) is 43.0 Å². The first-order valence-corrected chi connectivity index (χ1v) is 13.6. The van der Waals surface area contributed by atoms with Gasteiger partial charge < -0.3 is 10.3 Å². The SMILES string of the molecule is CC1=CC2C=C(Cc3cc(C(=O)NCc4cnc5[nH]cc(Cl)c5c4)ccn3)C=C(S(C)(=O)=O)C2C=N1. The first kappa shape index (κ1) is 24.1. The van der Waals surface area contributed by atoms with Crippen LogP contribution in [0.1, 0.15) is 28.5 Å². The van der Waals surface area contributed by atoms with Gasteiger partial charge >= 0.3 is 0 Å². The van der Waals surface area contributed by atoms with E-state index in [1.807, 2.05) is 19.1 Å². The minimum Gasteiger partial charge on any atom is -0.348 e. The molecule has 0 bridgehead atoms. The highest BCUT2D eigenvalue weighted by Crippen LogP contribution is 2.36. The fourth-order valence-electron chi connectivity index (χ4n) is 4.50. The third-order valence-electron chi connectivity index (χ3n) is 6.23. The summed E-state index contributed by atoms with van der Waals surface area (Å²) in [5.41, 5.74) is 4.35. The monoisotopic (exact) mass is 521 g/mol. The fourth-order valence-corrected chi connectivity index (χ4v) is 5.77. The number of carbonyl (C=O) groups is 1. The largest absolute Gasteiger partial charge is 0.348 e. The standard InChI is InChI=1S/C26H24ClN5O3S/c1-15-5-19-6-16(9-24(36(2,34)35)22(19)13-29-15)7-20-10-18(3-4-28-20)26(33)32-12-17-8-21-23(27)14-31-25(21)30-11-17/h3-6,8-11,13-14,19,22H,7,12H2,1-2H3,(H,30,31)(H,32,33). The Morgan fingerprint density at radius 1 is 1.22 bits per heavy atom. The summed E-state index contributed by atoms with van der Waals surface area (Å²) in [6, 6.07) is 5.26. The number of rotatable bonds is 6. The second-order valence-electron chi connectivity index (χ2n) is 9.02. The number of halogens is 1. The highest BCUT2D eigenvalue weighted by atomic mass is 35.5. The summed E-state index contributed by atoms with van der Waals surface area (Å²) in [6.07, 6.45) is 14.0. The average molecular weight is 522 g/mol. The summed E-state index contributed by atoms with van der Waals surface area (Å²) in [5.74, 6) is -0.628. The topological polar surface area (TPSA) is 117 Å². The van der Waals surface area contributed by atoms with Gasteiger partial charge in [0.2, 0.25) is 0 Å². The van der Waals surface area contributed by atoms with Gasteiger partial charge in [-0.1, -0.05) is 23.8 Å². The minimum atomic E-state index is -3.41. The number of hydrogen-bond acceptors (Lipinski definition) is 6. The molecular formula is C26H24ClN5O3S. The van der Waals surface area contributed by atoms with Gasteiger partial charge in [0.25, 0.3) is 5.91 Å². The number of aromatic nitrogens is 3. The van der Waals surface area contributed by atoms with Gasteiger partial charge in [-0.05, 0) is 42.3 Å². The second kappa shape index (κ2) is 9.48. The van der Waals surface area contributed by atoms with E-state index in [0.29, 0.717) is 39.8 Å². The number of nitrogens with one attached hydrogen (secondary N) is 2. The first-order chi connectivity index (χ1) is 17.2. The molecule has 4 heterocycles. The Balaban J connectivity index is 1.32. The van der Waals surface area contributed by atoms with Crippen molar-refractivity contribution >= 4 is 44.6 Å². The van der Waals surface area contributed by atoms with E-state index in [4.69, 9.17) is 11.6 Å². The Kier molecular flexibility index (Phi) is 6.36. The van der Waals surface area contributed by atoms with Crippen LogP contribution in [0.15, 0.2) is 76.2 Å². The van der Waals surface area contributed by atoms with Crippen LogP contribution in [0, 0.1) is 11.8 Å². The zero-order chi connectivity index (χ0) is 25.4. The quantitative estimate of drug-likeness (QED) is 0.504. The number of amides is 1. The Bertz CT molecular complexity index is 1600. The number of carbonyl (C=O) groups excluding carboxylic acids is 1. The van der Waals surface area contributed by atoms with Gasteiger partial charge in [-0.15, -0.1) is 0 Å². The molecule has 0 spiro atoms. The van der Waals surface area contributed by atoms with Gasteiger partial charge in [0.05, 0.1) is 9.93 Å². The molecule has 0 aromatic carbocycles. The first-order valence-electron chi connectivity index (χ1n) is 11.4. The molecule has 1 aliphatic carbocycles. The van der Waals surface area contributed by atoms with Gasteiger partial charge in [-0.25, -0.2) is 13.4 Å². The van der Waals surface area contributed by atoms with E-state index >= 15 is 0 Å². The number of sulfone groups is 1. The second-order valence-corrected chi connectivity index (χ2v) is 11.4. The van der Waals surface area contributed by atoms with Crippen LogP contribution >= 0.6 is 11.6 Å². The highest BCUT2D eigenvalue weighted by Gasteiger charge is 2.32. The van der Waals surface area contributed by atoms with Crippen LogP contribution < -0.4 is 5.32 Å². The molecule has 2 unspecified atom stereocenters. The van der Waals surface area contributed by atoms with Crippen LogP contribution in [0.5, 0.6) is 0 Å². The van der Waals surface area contributed by atoms with Crippen molar-refractivity contribution in [2.24, 2.45) is 16.8 Å². The van der Waals surface area contributed by atoms with Crippen molar-refractivity contribution in [3.8, 4) is 0 Å². The van der Waals surface area contributed by atoms with Gasteiger partial charge in [-0.2, -0.15) is 0 Å². The number of fused-ring (bicyclic) bond motifs is 2. The molecule has 5 rings (SSSR count). The molecule has 3 aromatic heterocycles. The van der Waals surface area contributed by atoms with Crippen molar-refractivity contribution in [3.05, 3.63) is 93.0 Å². The molecule has 0 saturated carbocycles. The number of aliphatic imine (C=N–C) groups is 1. The van der Waals surface area contributed by atoms with Crippen LogP contribution in [0.25, 0.3) is 11.0 Å². The van der Waals surface area contributed by atoms with Crippen molar-refractivity contribution < 1.29 is 13.2 Å². The average Bonchev–Trinajstić information content (AvgIpc) is 3.21. The lowest BCUT2D eigenvalue weighted by atomic mass is 9.83. The smallest absolute Gasteiger partial charge is 0.251 e. The van der Waals surface area contributed by atoms with Crippen molar-refractivity contribution in [1.82, 2.24) is 20.3 Å². The lowest BCUT2D eigenvalue weighted by molar-refractivity contribution is 0.0950. The maximum absolute atomic E-state index is 12.8. The Hall–Kier alpha value is -3.56. The molecule has 184 valence electrons. The van der Waals surface area contributed by atoms with Crippen molar-refractivity contribution in [1.29, 1.82) is 0 Å². The number of nitrogens with zero attached hydrogens (tertiary/aromatic N) is 3. The zero-order valence-electron chi connectivity index (χ0n) is 19.7. The summed E-state index contributed by atoms with van der Waals surface area (Å²) >= 11 is 6.16. The van der Waals surface area contributed by atoms with Crippen LogP contribution in [-0.4, -0.2) is 41.7 Å². The van der Waals surface area contributed by atoms with E-state index in [-0.39, 0.29) is 17.7 Å². The summed E-state index contributed by atoms with van der Waals surface area (Å²) in [4.78, 5) is 29.2. The van der Waals surface area contributed by atoms with E-state index in [9.17, 15) is 13.2 Å². The van der Waals surface area contributed by atoms with Gasteiger partial charge in [0.15, 0.2) is 9.84 Å². The van der Waals surface area contributed by atoms with Gasteiger partial charge in [-0.3, -0.25) is 14.8 Å². The van der Waals surface area contributed by atoms with E-state index in [1.165, 1.54) is 6.26 Å². The molecule has 36 heavy (non-hydrogen) atoms. The number of allylic oxidation sites excluding steroid dienone is 6. The number of pyridine rings is 2. The number of hydrogen-bond donors (Lipinski definition) is 2. The number of H-pyrrole nitrogens is 1. The molecule has 2 aliphatic rings. The number of aromatic amines is 1. The van der Waals surface area contributed by atoms with E-state index < -0.39 is 9.84 Å². The molecule has 1 amide bonds. The molecule has 0 radical (unpaired) electrons. The Labute approximate surface area is 213 Å². The normalized spacial score (nSPS) is 19.4. The van der Waals surface area contributed by atoms with E-state index in [2.05, 4.69) is 31.3 Å². The van der Waals surface area contributed by atoms with Gasteiger partial charge in [0, 0.05) is 78.2 Å². The molecule has 8 nitrogen and oxygen atoms in total. The summed E-state index contributed by atoms with van der Waals surface area (Å²) < 4.78 is 24.9. The Morgan fingerprint density at radius 2 is 2.06 bits per heavy atom.